The average molecular weight is 321 g/mol. The molecule has 0 aromatic rings. The van der Waals surface area contributed by atoms with Gasteiger partial charge in [0.2, 0.25) is 0 Å². The molecule has 1 atom stereocenters. The number of amides is 4. The fraction of sp³-hybridized carbons (Fsp3) is 0.706. The quantitative estimate of drug-likeness (QED) is 0.620. The minimum absolute atomic E-state index is 0.00765. The van der Waals surface area contributed by atoms with Gasteiger partial charge in [-0.15, -0.1) is 0 Å². The third-order valence-corrected chi connectivity index (χ3v) is 4.69. The fourth-order valence-electron chi connectivity index (χ4n) is 3.01. The van der Waals surface area contributed by atoms with E-state index in [0.29, 0.717) is 25.4 Å². The van der Waals surface area contributed by atoms with Crippen LogP contribution in [0.1, 0.15) is 40.0 Å². The second-order valence-corrected chi connectivity index (χ2v) is 7.40. The third-order valence-electron chi connectivity index (χ3n) is 4.69. The summed E-state index contributed by atoms with van der Waals surface area (Å²) >= 11 is 0. The van der Waals surface area contributed by atoms with Gasteiger partial charge in [-0.3, -0.25) is 14.5 Å². The van der Waals surface area contributed by atoms with Crippen molar-refractivity contribution < 1.29 is 14.4 Å². The first-order valence-electron chi connectivity index (χ1n) is 8.35. The lowest BCUT2D eigenvalue weighted by molar-refractivity contribution is -0.136. The predicted molar refractivity (Wildman–Crippen MR) is 87.6 cm³/mol. The van der Waals surface area contributed by atoms with Crippen LogP contribution in [0.4, 0.5) is 4.79 Å². The predicted octanol–water partition coefficient (Wildman–Crippen LogP) is 1.77. The Labute approximate surface area is 137 Å². The number of hydrogen-bond donors (Lipinski definition) is 1. The maximum Gasteiger partial charge on any atom is 0.317 e. The smallest absolute Gasteiger partial charge is 0.317 e. The molecule has 4 amide bonds. The van der Waals surface area contributed by atoms with Crippen molar-refractivity contribution in [2.75, 3.05) is 26.2 Å². The first-order valence-corrected chi connectivity index (χ1v) is 8.35. The summed E-state index contributed by atoms with van der Waals surface area (Å²) in [5, 5.41) is 2.93. The number of likely N-dealkylation sites (tertiary alicyclic amines) is 1. The van der Waals surface area contributed by atoms with Gasteiger partial charge >= 0.3 is 6.03 Å². The van der Waals surface area contributed by atoms with Gasteiger partial charge in [-0.25, -0.2) is 4.79 Å². The molecule has 23 heavy (non-hydrogen) atoms. The van der Waals surface area contributed by atoms with Gasteiger partial charge in [-0.05, 0) is 30.6 Å². The van der Waals surface area contributed by atoms with Crippen LogP contribution in [0.25, 0.3) is 0 Å². The van der Waals surface area contributed by atoms with E-state index in [9.17, 15) is 14.4 Å². The first-order chi connectivity index (χ1) is 10.8. The van der Waals surface area contributed by atoms with Crippen LogP contribution in [0.5, 0.6) is 0 Å². The number of carbonyl (C=O) groups excluding carboxylic acids is 3. The van der Waals surface area contributed by atoms with Gasteiger partial charge in [0.1, 0.15) is 0 Å². The molecular formula is C17H27N3O3. The molecule has 0 aromatic carbocycles. The van der Waals surface area contributed by atoms with Crippen LogP contribution in [0, 0.1) is 11.3 Å². The Hall–Kier alpha value is -1.85. The van der Waals surface area contributed by atoms with Crippen molar-refractivity contribution in [2.24, 2.45) is 11.3 Å². The molecular weight excluding hydrogens is 294 g/mol. The number of unbranched alkanes of at least 4 members (excludes halogenated alkanes) is 1. The molecule has 1 fully saturated rings. The van der Waals surface area contributed by atoms with Crippen molar-refractivity contribution in [3.05, 3.63) is 12.2 Å². The molecule has 6 nitrogen and oxygen atoms in total. The first kappa shape index (κ1) is 17.5. The third kappa shape index (κ3) is 4.56. The zero-order valence-corrected chi connectivity index (χ0v) is 14.3. The van der Waals surface area contributed by atoms with Crippen molar-refractivity contribution in [1.82, 2.24) is 15.1 Å². The lowest BCUT2D eigenvalue weighted by Crippen LogP contribution is -2.40. The number of urea groups is 1. The molecule has 0 aliphatic carbocycles. The van der Waals surface area contributed by atoms with Gasteiger partial charge in [0.05, 0.1) is 0 Å². The Morgan fingerprint density at radius 2 is 1.87 bits per heavy atom. The van der Waals surface area contributed by atoms with Crippen LogP contribution < -0.4 is 5.32 Å². The summed E-state index contributed by atoms with van der Waals surface area (Å²) < 4.78 is 0. The van der Waals surface area contributed by atoms with Crippen LogP contribution in [0.2, 0.25) is 0 Å². The van der Waals surface area contributed by atoms with Gasteiger partial charge in [0, 0.05) is 38.3 Å². The summed E-state index contributed by atoms with van der Waals surface area (Å²) in [5.74, 6) is 0.0570. The largest absolute Gasteiger partial charge is 0.338 e. The molecule has 0 saturated carbocycles. The van der Waals surface area contributed by atoms with Crippen LogP contribution in [-0.2, 0) is 9.59 Å². The van der Waals surface area contributed by atoms with Gasteiger partial charge in [-0.1, -0.05) is 20.8 Å². The van der Waals surface area contributed by atoms with Crippen molar-refractivity contribution in [1.29, 1.82) is 0 Å². The van der Waals surface area contributed by atoms with E-state index in [4.69, 9.17) is 0 Å². The highest BCUT2D eigenvalue weighted by Gasteiger charge is 2.33. The minimum Gasteiger partial charge on any atom is -0.338 e. The lowest BCUT2D eigenvalue weighted by Gasteiger charge is -2.27. The molecule has 0 spiro atoms. The maximum atomic E-state index is 12.1. The Balaban J connectivity index is 1.61. The number of rotatable bonds is 5. The lowest BCUT2D eigenvalue weighted by atomic mass is 9.80. The zero-order chi connectivity index (χ0) is 17.0. The summed E-state index contributed by atoms with van der Waals surface area (Å²) in [6, 6.07) is -0.00765. The highest BCUT2D eigenvalue weighted by Crippen LogP contribution is 2.33. The molecule has 1 saturated heterocycles. The molecule has 0 radical (unpaired) electrons. The monoisotopic (exact) mass is 321 g/mol. The molecule has 2 aliphatic rings. The van der Waals surface area contributed by atoms with E-state index in [1.807, 2.05) is 4.90 Å². The van der Waals surface area contributed by atoms with Crippen LogP contribution in [-0.4, -0.2) is 53.8 Å². The summed E-state index contributed by atoms with van der Waals surface area (Å²) in [6.45, 7) is 9.27. The number of imide groups is 1. The van der Waals surface area contributed by atoms with E-state index in [-0.39, 0.29) is 23.3 Å². The molecule has 0 bridgehead atoms. The summed E-state index contributed by atoms with van der Waals surface area (Å²) in [5.41, 5.74) is 0.234. The van der Waals surface area contributed by atoms with E-state index in [1.54, 1.807) is 0 Å². The number of nitrogens with one attached hydrogen (secondary N) is 1. The Bertz CT molecular complexity index is 490. The van der Waals surface area contributed by atoms with Crippen molar-refractivity contribution in [2.45, 2.75) is 40.0 Å². The molecule has 1 N–H and O–H groups in total. The maximum absolute atomic E-state index is 12.1. The minimum atomic E-state index is -0.246. The van der Waals surface area contributed by atoms with E-state index >= 15 is 0 Å². The second-order valence-electron chi connectivity index (χ2n) is 7.40. The summed E-state index contributed by atoms with van der Waals surface area (Å²) in [7, 11) is 0. The SMILES string of the molecule is CC(C)(C)[C@H]1CCN(C(=O)NCCCCN2C(=O)C=CC2=O)C1. The van der Waals surface area contributed by atoms with Crippen LogP contribution >= 0.6 is 0 Å². The number of nitrogens with zero attached hydrogens (tertiary/aromatic N) is 2. The molecule has 128 valence electrons. The molecule has 0 unspecified atom stereocenters. The standard InChI is InChI=1S/C17H27N3O3/c1-17(2,3)13-8-11-19(12-13)16(23)18-9-4-5-10-20-14(21)6-7-15(20)22/h6-7,13H,4-5,8-12H2,1-3H3,(H,18,23)/t13-/m0/s1. The molecule has 0 aromatic heterocycles. The molecule has 2 aliphatic heterocycles. The fourth-order valence-corrected chi connectivity index (χ4v) is 3.01. The average Bonchev–Trinajstić information content (AvgIpc) is 3.07. The van der Waals surface area contributed by atoms with E-state index < -0.39 is 0 Å². The molecule has 2 heterocycles. The Morgan fingerprint density at radius 3 is 2.43 bits per heavy atom. The highest BCUT2D eigenvalue weighted by atomic mass is 16.2. The molecule has 6 heteroatoms. The van der Waals surface area contributed by atoms with Crippen LogP contribution in [0.3, 0.4) is 0 Å². The van der Waals surface area contributed by atoms with Gasteiger partial charge in [0.15, 0.2) is 0 Å². The van der Waals surface area contributed by atoms with Crippen molar-refractivity contribution in [3.63, 3.8) is 0 Å². The second kappa shape index (κ2) is 7.15. The van der Waals surface area contributed by atoms with Gasteiger partial charge in [-0.2, -0.15) is 0 Å². The Morgan fingerprint density at radius 1 is 1.22 bits per heavy atom. The van der Waals surface area contributed by atoms with Crippen molar-refractivity contribution >= 4 is 17.8 Å². The zero-order valence-electron chi connectivity index (χ0n) is 14.3. The van der Waals surface area contributed by atoms with Crippen LogP contribution in [0.15, 0.2) is 12.2 Å². The molecule has 2 rings (SSSR count). The highest BCUT2D eigenvalue weighted by molar-refractivity contribution is 6.12. The number of carbonyl (C=O) groups is 3. The number of hydrogen-bond acceptors (Lipinski definition) is 3. The van der Waals surface area contributed by atoms with E-state index in [0.717, 1.165) is 25.9 Å². The topological polar surface area (TPSA) is 69.7 Å². The summed E-state index contributed by atoms with van der Waals surface area (Å²) in [4.78, 5) is 38.0. The van der Waals surface area contributed by atoms with Gasteiger partial charge in [0.25, 0.3) is 11.8 Å². The van der Waals surface area contributed by atoms with E-state index in [1.165, 1.54) is 17.1 Å². The normalized spacial score (nSPS) is 21.4. The van der Waals surface area contributed by atoms with Crippen molar-refractivity contribution in [3.8, 4) is 0 Å². The Kier molecular flexibility index (Phi) is 5.44. The van der Waals surface area contributed by atoms with Gasteiger partial charge < -0.3 is 10.2 Å². The summed E-state index contributed by atoms with van der Waals surface area (Å²) in [6.07, 6.45) is 5.10. The van der Waals surface area contributed by atoms with E-state index in [2.05, 4.69) is 26.1 Å².